The molecule has 1 heterocycles. The quantitative estimate of drug-likeness (QED) is 0.368. The van der Waals surface area contributed by atoms with Gasteiger partial charge in [-0.25, -0.2) is 4.99 Å². The molecule has 0 saturated heterocycles. The van der Waals surface area contributed by atoms with Crippen molar-refractivity contribution in [3.8, 4) is 11.5 Å². The van der Waals surface area contributed by atoms with Gasteiger partial charge in [0.15, 0.2) is 11.5 Å². The molecule has 2 N–H and O–H groups in total. The fourth-order valence-corrected chi connectivity index (χ4v) is 3.74. The van der Waals surface area contributed by atoms with E-state index in [1.807, 2.05) is 50.6 Å². The zero-order valence-corrected chi connectivity index (χ0v) is 21.1. The highest BCUT2D eigenvalue weighted by Gasteiger charge is 2.15. The predicted molar refractivity (Wildman–Crippen MR) is 135 cm³/mol. The van der Waals surface area contributed by atoms with E-state index in [1.54, 1.807) is 25.3 Å². The van der Waals surface area contributed by atoms with Crippen LogP contribution in [0.1, 0.15) is 39.8 Å². The smallest absolute Gasteiger partial charge is 0.258 e. The summed E-state index contributed by atoms with van der Waals surface area (Å²) < 4.78 is 12.5. The first-order chi connectivity index (χ1) is 16.3. The Morgan fingerprint density at radius 2 is 1.85 bits per heavy atom. The molecule has 0 saturated carbocycles. The Balaban J connectivity index is 1.93. The summed E-state index contributed by atoms with van der Waals surface area (Å²) in [4.78, 5) is 17.8. The van der Waals surface area contributed by atoms with Crippen LogP contribution in [-0.4, -0.2) is 35.9 Å². The first-order valence-electron chi connectivity index (χ1n) is 10.9. The van der Waals surface area contributed by atoms with Crippen molar-refractivity contribution in [1.29, 1.82) is 0 Å². The maximum atomic E-state index is 13.1. The number of carbonyl (C=O) groups excluding carboxylic acids is 1. The number of ether oxygens (including phenoxy) is 2. The van der Waals surface area contributed by atoms with Crippen LogP contribution < -0.4 is 20.1 Å². The van der Waals surface area contributed by atoms with Crippen LogP contribution in [0.4, 0.5) is 5.69 Å². The number of halogens is 1. The Morgan fingerprint density at radius 1 is 1.12 bits per heavy atom. The highest BCUT2D eigenvalue weighted by atomic mass is 35.5. The molecule has 0 unspecified atom stereocenters. The molecule has 1 amide bonds. The van der Waals surface area contributed by atoms with E-state index in [2.05, 4.69) is 15.7 Å². The lowest BCUT2D eigenvalue weighted by atomic mass is 10.2. The van der Waals surface area contributed by atoms with Crippen LogP contribution in [0.2, 0.25) is 5.02 Å². The number of aromatic nitrogens is 2. The van der Waals surface area contributed by atoms with Gasteiger partial charge < -0.3 is 14.8 Å². The highest BCUT2D eigenvalue weighted by molar-refractivity contribution is 6.31. The largest absolute Gasteiger partial charge is 0.493 e. The number of aryl methyl sites for hydroxylation is 2. The third kappa shape index (κ3) is 5.51. The summed E-state index contributed by atoms with van der Waals surface area (Å²) in [7, 11) is 3.07. The number of benzene rings is 2. The van der Waals surface area contributed by atoms with E-state index in [0.29, 0.717) is 34.6 Å². The highest BCUT2D eigenvalue weighted by Crippen LogP contribution is 2.27. The van der Waals surface area contributed by atoms with Gasteiger partial charge >= 0.3 is 0 Å². The number of guanidine groups is 1. The number of carbonyl (C=O) groups is 1. The summed E-state index contributed by atoms with van der Waals surface area (Å²) in [6.45, 7) is 9.05. The fraction of sp³-hybridized carbons (Fsp3) is 0.320. The number of hydrogen-bond acceptors (Lipinski definition) is 5. The molecule has 180 valence electrons. The van der Waals surface area contributed by atoms with Crippen molar-refractivity contribution in [2.24, 2.45) is 4.99 Å². The molecule has 34 heavy (non-hydrogen) atoms. The number of nitrogens with zero attached hydrogens (tertiary/aromatic N) is 3. The molecule has 0 aliphatic rings. The molecule has 0 fully saturated rings. The molecule has 1 aromatic heterocycles. The summed E-state index contributed by atoms with van der Waals surface area (Å²) >= 11 is 6.29. The molecule has 0 aliphatic heterocycles. The molecule has 0 radical (unpaired) electrons. The van der Waals surface area contributed by atoms with Gasteiger partial charge in [0.05, 0.1) is 26.5 Å². The van der Waals surface area contributed by atoms with Gasteiger partial charge in [0, 0.05) is 34.1 Å². The summed E-state index contributed by atoms with van der Waals surface area (Å²) in [5.74, 6) is 0.961. The molecule has 0 spiro atoms. The van der Waals surface area contributed by atoms with Gasteiger partial charge in [-0.05, 0) is 63.6 Å². The zero-order valence-electron chi connectivity index (χ0n) is 20.3. The molecule has 3 aromatic rings. The van der Waals surface area contributed by atoms with Crippen molar-refractivity contribution < 1.29 is 14.3 Å². The number of rotatable bonds is 7. The van der Waals surface area contributed by atoms with E-state index >= 15 is 0 Å². The van der Waals surface area contributed by atoms with E-state index in [4.69, 9.17) is 26.1 Å². The number of aliphatic imine (C=N–C) groups is 1. The van der Waals surface area contributed by atoms with Gasteiger partial charge in [-0.3, -0.25) is 14.8 Å². The van der Waals surface area contributed by atoms with Crippen LogP contribution in [-0.2, 0) is 13.1 Å². The lowest BCUT2D eigenvalue weighted by Crippen LogP contribution is -2.36. The summed E-state index contributed by atoms with van der Waals surface area (Å²) in [5, 5.41) is 11.3. The molecule has 3 rings (SSSR count). The van der Waals surface area contributed by atoms with E-state index in [0.717, 1.165) is 34.7 Å². The third-order valence-electron chi connectivity index (χ3n) is 5.62. The molecule has 0 aliphatic carbocycles. The van der Waals surface area contributed by atoms with Crippen LogP contribution in [0.15, 0.2) is 41.4 Å². The van der Waals surface area contributed by atoms with Crippen LogP contribution in [0.3, 0.4) is 0 Å². The Labute approximate surface area is 204 Å². The van der Waals surface area contributed by atoms with Crippen LogP contribution in [0.25, 0.3) is 0 Å². The fourth-order valence-electron chi connectivity index (χ4n) is 3.57. The normalized spacial score (nSPS) is 11.3. The number of nitrogens with one attached hydrogen (secondary N) is 2. The lowest BCUT2D eigenvalue weighted by molar-refractivity contribution is 0.0976. The van der Waals surface area contributed by atoms with Gasteiger partial charge in [-0.2, -0.15) is 5.10 Å². The summed E-state index contributed by atoms with van der Waals surface area (Å²) in [6.07, 6.45) is 0. The third-order valence-corrected chi connectivity index (χ3v) is 6.03. The van der Waals surface area contributed by atoms with E-state index in [1.165, 1.54) is 7.11 Å². The van der Waals surface area contributed by atoms with E-state index in [-0.39, 0.29) is 5.91 Å². The number of hydrogen-bond donors (Lipinski definition) is 2. The number of anilines is 1. The van der Waals surface area contributed by atoms with Gasteiger partial charge in [0.2, 0.25) is 5.96 Å². The molecular weight excluding hydrogens is 454 g/mol. The predicted octanol–water partition coefficient (Wildman–Crippen LogP) is 4.90. The van der Waals surface area contributed by atoms with Crippen LogP contribution in [0, 0.1) is 20.8 Å². The monoisotopic (exact) mass is 483 g/mol. The average molecular weight is 484 g/mol. The van der Waals surface area contributed by atoms with Crippen molar-refractivity contribution in [3.63, 3.8) is 0 Å². The zero-order chi connectivity index (χ0) is 24.8. The second-order valence-electron chi connectivity index (χ2n) is 7.69. The first kappa shape index (κ1) is 25.1. The standard InChI is InChI=1S/C25H30ClN5O3/c1-7-31-17(4)19(16(3)30-31)14-27-25(28-21-10-8-9-20(26)15(21)2)29-24(32)18-11-12-22(33-5)23(13-18)34-6/h8-13H,7,14H2,1-6H3,(H2,27,28,29,32). The number of methoxy groups -OCH3 is 2. The second kappa shape index (κ2) is 11.1. The Kier molecular flexibility index (Phi) is 8.17. The van der Waals surface area contributed by atoms with Gasteiger partial charge in [-0.1, -0.05) is 17.7 Å². The van der Waals surface area contributed by atoms with E-state index < -0.39 is 0 Å². The molecule has 2 aromatic carbocycles. The first-order valence-corrected chi connectivity index (χ1v) is 11.3. The van der Waals surface area contributed by atoms with Gasteiger partial charge in [-0.15, -0.1) is 0 Å². The SMILES string of the molecule is CCn1nc(C)c(CN=C(NC(=O)c2ccc(OC)c(OC)c2)Nc2cccc(Cl)c2C)c1C. The average Bonchev–Trinajstić information content (AvgIpc) is 3.12. The second-order valence-corrected chi connectivity index (χ2v) is 8.10. The topological polar surface area (TPSA) is 89.8 Å². The molecule has 8 nitrogen and oxygen atoms in total. The van der Waals surface area contributed by atoms with Crippen molar-refractivity contribution in [2.75, 3.05) is 19.5 Å². The minimum absolute atomic E-state index is 0.299. The lowest BCUT2D eigenvalue weighted by Gasteiger charge is -2.15. The molecular formula is C25H30ClN5O3. The number of amides is 1. The van der Waals surface area contributed by atoms with Crippen LogP contribution >= 0.6 is 11.6 Å². The summed E-state index contributed by atoms with van der Waals surface area (Å²) in [5.41, 5.74) is 4.98. The summed E-state index contributed by atoms with van der Waals surface area (Å²) in [6, 6.07) is 10.5. The Morgan fingerprint density at radius 3 is 2.50 bits per heavy atom. The molecule has 9 heteroatoms. The minimum atomic E-state index is -0.343. The molecule has 0 atom stereocenters. The van der Waals surface area contributed by atoms with Crippen molar-refractivity contribution in [1.82, 2.24) is 15.1 Å². The van der Waals surface area contributed by atoms with Crippen molar-refractivity contribution in [2.45, 2.75) is 40.8 Å². The molecule has 0 bridgehead atoms. The van der Waals surface area contributed by atoms with Crippen molar-refractivity contribution in [3.05, 3.63) is 69.5 Å². The van der Waals surface area contributed by atoms with Gasteiger partial charge in [0.1, 0.15) is 0 Å². The Bertz CT molecular complexity index is 1220. The van der Waals surface area contributed by atoms with E-state index in [9.17, 15) is 4.79 Å². The maximum absolute atomic E-state index is 13.1. The van der Waals surface area contributed by atoms with Crippen molar-refractivity contribution >= 4 is 29.2 Å². The minimum Gasteiger partial charge on any atom is -0.493 e. The maximum Gasteiger partial charge on any atom is 0.258 e. The Hall–Kier alpha value is -3.52. The van der Waals surface area contributed by atoms with Crippen LogP contribution in [0.5, 0.6) is 11.5 Å². The van der Waals surface area contributed by atoms with Gasteiger partial charge in [0.25, 0.3) is 5.91 Å².